The van der Waals surface area contributed by atoms with Crippen molar-refractivity contribution in [1.29, 1.82) is 0 Å². The van der Waals surface area contributed by atoms with Crippen LogP contribution in [0.5, 0.6) is 5.75 Å². The summed E-state index contributed by atoms with van der Waals surface area (Å²) in [6.45, 7) is 0.996. The fourth-order valence-electron chi connectivity index (χ4n) is 2.69. The van der Waals surface area contributed by atoms with E-state index in [1.165, 1.54) is 4.90 Å². The molecule has 3 rings (SSSR count). The molecule has 0 aromatic heterocycles. The second-order valence-corrected chi connectivity index (χ2v) is 6.05. The molecule has 1 saturated heterocycles. The van der Waals surface area contributed by atoms with E-state index in [1.54, 1.807) is 54.5 Å². The highest BCUT2D eigenvalue weighted by atomic mass is 35.5. The van der Waals surface area contributed by atoms with Crippen molar-refractivity contribution in [3.05, 3.63) is 53.6 Å². The van der Waals surface area contributed by atoms with E-state index in [4.69, 9.17) is 16.3 Å². The minimum absolute atomic E-state index is 0.00684. The molecule has 0 aliphatic carbocycles. The molecule has 7 heteroatoms. The van der Waals surface area contributed by atoms with Gasteiger partial charge in [0.2, 0.25) is 5.91 Å². The number of urea groups is 1. The molecule has 0 spiro atoms. The summed E-state index contributed by atoms with van der Waals surface area (Å²) in [4.78, 5) is 27.9. The Bertz CT molecular complexity index is 797. The van der Waals surface area contributed by atoms with Crippen molar-refractivity contribution in [3.8, 4) is 5.75 Å². The molecule has 0 bridgehead atoms. The zero-order valence-corrected chi connectivity index (χ0v) is 14.5. The lowest BCUT2D eigenvalue weighted by atomic mass is 10.3. The topological polar surface area (TPSA) is 61.9 Å². The Morgan fingerprint density at radius 2 is 2.00 bits per heavy atom. The van der Waals surface area contributed by atoms with Gasteiger partial charge in [0, 0.05) is 35.6 Å². The Labute approximate surface area is 150 Å². The molecule has 0 unspecified atom stereocenters. The molecule has 2 aromatic carbocycles. The van der Waals surface area contributed by atoms with E-state index < -0.39 is 0 Å². The SMILES string of the molecule is COc1cccc(NC(=O)CN2CCN(c3cccc(Cl)c3)C2=O)c1. The maximum Gasteiger partial charge on any atom is 0.325 e. The molecule has 2 aromatic rings. The number of methoxy groups -OCH3 is 1. The van der Waals surface area contributed by atoms with Crippen LogP contribution in [0.2, 0.25) is 5.02 Å². The second kappa shape index (κ2) is 7.44. The highest BCUT2D eigenvalue weighted by Gasteiger charge is 2.30. The van der Waals surface area contributed by atoms with Gasteiger partial charge in [-0.2, -0.15) is 0 Å². The number of halogens is 1. The first kappa shape index (κ1) is 17.1. The zero-order chi connectivity index (χ0) is 17.8. The Kier molecular flexibility index (Phi) is 5.09. The van der Waals surface area contributed by atoms with Crippen molar-refractivity contribution in [2.45, 2.75) is 0 Å². The van der Waals surface area contributed by atoms with Gasteiger partial charge in [-0.25, -0.2) is 4.79 Å². The van der Waals surface area contributed by atoms with E-state index >= 15 is 0 Å². The van der Waals surface area contributed by atoms with Crippen LogP contribution >= 0.6 is 11.6 Å². The summed E-state index contributed by atoms with van der Waals surface area (Å²) in [5.74, 6) is 0.400. The first-order valence-corrected chi connectivity index (χ1v) is 8.20. The summed E-state index contributed by atoms with van der Waals surface area (Å²) >= 11 is 5.98. The number of benzene rings is 2. The smallest absolute Gasteiger partial charge is 0.325 e. The quantitative estimate of drug-likeness (QED) is 0.891. The first-order chi connectivity index (χ1) is 12.1. The summed E-state index contributed by atoms with van der Waals surface area (Å²) in [5, 5.41) is 3.34. The van der Waals surface area contributed by atoms with Gasteiger partial charge in [0.15, 0.2) is 0 Å². The molecule has 1 fully saturated rings. The van der Waals surface area contributed by atoms with Gasteiger partial charge in [0.1, 0.15) is 12.3 Å². The zero-order valence-electron chi connectivity index (χ0n) is 13.7. The van der Waals surface area contributed by atoms with Crippen LogP contribution in [0, 0.1) is 0 Å². The van der Waals surface area contributed by atoms with Crippen LogP contribution in [0.15, 0.2) is 48.5 Å². The molecule has 25 heavy (non-hydrogen) atoms. The molecule has 3 amide bonds. The number of carbonyl (C=O) groups excluding carboxylic acids is 2. The van der Waals surface area contributed by atoms with Crippen molar-refractivity contribution < 1.29 is 14.3 Å². The molecule has 1 heterocycles. The van der Waals surface area contributed by atoms with Crippen molar-refractivity contribution >= 4 is 34.9 Å². The Morgan fingerprint density at radius 3 is 2.76 bits per heavy atom. The number of hydrogen-bond donors (Lipinski definition) is 1. The van der Waals surface area contributed by atoms with Crippen LogP contribution in [0.1, 0.15) is 0 Å². The number of hydrogen-bond acceptors (Lipinski definition) is 3. The molecule has 0 radical (unpaired) electrons. The fraction of sp³-hybridized carbons (Fsp3) is 0.222. The minimum atomic E-state index is -0.255. The lowest BCUT2D eigenvalue weighted by molar-refractivity contribution is -0.116. The number of carbonyl (C=O) groups is 2. The predicted molar refractivity (Wildman–Crippen MR) is 97.4 cm³/mol. The van der Waals surface area contributed by atoms with Gasteiger partial charge in [-0.3, -0.25) is 9.69 Å². The molecule has 1 N–H and O–H groups in total. The van der Waals surface area contributed by atoms with Crippen LogP contribution < -0.4 is 15.0 Å². The lowest BCUT2D eigenvalue weighted by Gasteiger charge is -2.18. The lowest BCUT2D eigenvalue weighted by Crippen LogP contribution is -2.37. The highest BCUT2D eigenvalue weighted by Crippen LogP contribution is 2.23. The van der Waals surface area contributed by atoms with E-state index in [9.17, 15) is 9.59 Å². The standard InChI is InChI=1S/C18H18ClN3O3/c1-25-16-7-3-5-14(11-16)20-17(23)12-21-8-9-22(18(21)24)15-6-2-4-13(19)10-15/h2-7,10-11H,8-9,12H2,1H3,(H,20,23). The van der Waals surface area contributed by atoms with Crippen LogP contribution in [0.4, 0.5) is 16.2 Å². The van der Waals surface area contributed by atoms with Crippen molar-refractivity contribution in [2.24, 2.45) is 0 Å². The number of nitrogens with one attached hydrogen (secondary N) is 1. The van der Waals surface area contributed by atoms with Gasteiger partial charge >= 0.3 is 6.03 Å². The second-order valence-electron chi connectivity index (χ2n) is 5.62. The summed E-state index contributed by atoms with van der Waals surface area (Å²) in [6.07, 6.45) is 0. The monoisotopic (exact) mass is 359 g/mol. The molecule has 0 atom stereocenters. The third kappa shape index (κ3) is 4.03. The Morgan fingerprint density at radius 1 is 1.20 bits per heavy atom. The van der Waals surface area contributed by atoms with E-state index in [0.29, 0.717) is 29.5 Å². The van der Waals surface area contributed by atoms with Crippen molar-refractivity contribution in [1.82, 2.24) is 4.90 Å². The maximum absolute atomic E-state index is 12.5. The van der Waals surface area contributed by atoms with Gasteiger partial charge in [-0.05, 0) is 30.3 Å². The largest absolute Gasteiger partial charge is 0.497 e. The van der Waals surface area contributed by atoms with E-state index in [1.807, 2.05) is 6.07 Å². The molecule has 0 saturated carbocycles. The molecule has 1 aliphatic heterocycles. The van der Waals surface area contributed by atoms with Gasteiger partial charge in [0.25, 0.3) is 0 Å². The van der Waals surface area contributed by atoms with Crippen molar-refractivity contribution in [2.75, 3.05) is 37.0 Å². The number of rotatable bonds is 5. The Hall–Kier alpha value is -2.73. The van der Waals surface area contributed by atoms with E-state index in [-0.39, 0.29) is 18.5 Å². The molecular weight excluding hydrogens is 342 g/mol. The van der Waals surface area contributed by atoms with E-state index in [2.05, 4.69) is 5.32 Å². The highest BCUT2D eigenvalue weighted by molar-refractivity contribution is 6.30. The summed E-state index contributed by atoms with van der Waals surface area (Å²) in [5.41, 5.74) is 1.36. The van der Waals surface area contributed by atoms with Crippen LogP contribution in [0.25, 0.3) is 0 Å². The minimum Gasteiger partial charge on any atom is -0.497 e. The van der Waals surface area contributed by atoms with Crippen LogP contribution in [0.3, 0.4) is 0 Å². The third-order valence-corrected chi connectivity index (χ3v) is 4.14. The Balaban J connectivity index is 1.61. The number of amides is 3. The normalized spacial score (nSPS) is 13.9. The summed E-state index contributed by atoms with van der Waals surface area (Å²) in [7, 11) is 1.56. The number of anilines is 2. The molecular formula is C18H18ClN3O3. The van der Waals surface area contributed by atoms with Crippen LogP contribution in [-0.4, -0.2) is 43.6 Å². The average Bonchev–Trinajstić information content (AvgIpc) is 2.95. The van der Waals surface area contributed by atoms with Gasteiger partial charge in [-0.15, -0.1) is 0 Å². The summed E-state index contributed by atoms with van der Waals surface area (Å²) in [6, 6.07) is 14.0. The van der Waals surface area contributed by atoms with E-state index in [0.717, 1.165) is 5.69 Å². The first-order valence-electron chi connectivity index (χ1n) is 7.83. The average molecular weight is 360 g/mol. The predicted octanol–water partition coefficient (Wildman–Crippen LogP) is 3.23. The summed E-state index contributed by atoms with van der Waals surface area (Å²) < 4.78 is 5.13. The maximum atomic E-state index is 12.5. The third-order valence-electron chi connectivity index (χ3n) is 3.90. The van der Waals surface area contributed by atoms with Gasteiger partial charge in [0.05, 0.1) is 7.11 Å². The molecule has 6 nitrogen and oxygen atoms in total. The van der Waals surface area contributed by atoms with Gasteiger partial charge < -0.3 is 15.0 Å². The molecule has 1 aliphatic rings. The van der Waals surface area contributed by atoms with Gasteiger partial charge in [-0.1, -0.05) is 23.7 Å². The molecule has 130 valence electrons. The number of ether oxygens (including phenoxy) is 1. The van der Waals surface area contributed by atoms with Crippen LogP contribution in [-0.2, 0) is 4.79 Å². The number of nitrogens with zero attached hydrogens (tertiary/aromatic N) is 2. The fourth-order valence-corrected chi connectivity index (χ4v) is 2.87. The van der Waals surface area contributed by atoms with Crippen molar-refractivity contribution in [3.63, 3.8) is 0 Å².